The predicted octanol–water partition coefficient (Wildman–Crippen LogP) is 3.22. The fourth-order valence-electron chi connectivity index (χ4n) is 4.08. The molecule has 2 aliphatic rings. The number of hydrogen-bond acceptors (Lipinski definition) is 7. The van der Waals surface area contributed by atoms with Gasteiger partial charge in [-0.2, -0.15) is 0 Å². The fraction of sp³-hybridized carbons (Fsp3) is 0.240. The lowest BCUT2D eigenvalue weighted by atomic mass is 9.96. The molecule has 0 aliphatic carbocycles. The number of benzene rings is 2. The highest BCUT2D eigenvalue weighted by atomic mass is 35.5. The fourth-order valence-corrected chi connectivity index (χ4v) is 5.37. The van der Waals surface area contributed by atoms with E-state index in [1.807, 2.05) is 30.3 Å². The van der Waals surface area contributed by atoms with Crippen molar-refractivity contribution in [1.29, 1.82) is 0 Å². The highest BCUT2D eigenvalue weighted by Gasteiger charge is 2.34. The lowest BCUT2D eigenvalue weighted by molar-refractivity contribution is -0.139. The van der Waals surface area contributed by atoms with E-state index in [0.29, 0.717) is 55.9 Å². The van der Waals surface area contributed by atoms with Crippen LogP contribution < -0.4 is 24.4 Å². The quantitative estimate of drug-likeness (QED) is 0.518. The van der Waals surface area contributed by atoms with Gasteiger partial charge in [0.05, 0.1) is 22.4 Å². The number of esters is 1. The minimum absolute atomic E-state index is 0.208. The molecule has 3 aromatic rings. The maximum atomic E-state index is 13.6. The molecule has 0 spiro atoms. The van der Waals surface area contributed by atoms with Gasteiger partial charge >= 0.3 is 5.97 Å². The van der Waals surface area contributed by atoms with Crippen molar-refractivity contribution >= 4 is 35.0 Å². The number of allylic oxidation sites excluding steroid dienone is 1. The smallest absolute Gasteiger partial charge is 0.338 e. The van der Waals surface area contributed by atoms with Crippen molar-refractivity contribution in [3.05, 3.63) is 89.6 Å². The normalized spacial score (nSPS) is 17.3. The van der Waals surface area contributed by atoms with Crippen molar-refractivity contribution in [2.45, 2.75) is 19.9 Å². The van der Waals surface area contributed by atoms with Crippen LogP contribution in [0.4, 0.5) is 0 Å². The zero-order valence-electron chi connectivity index (χ0n) is 18.5. The van der Waals surface area contributed by atoms with Crippen molar-refractivity contribution in [3.63, 3.8) is 0 Å². The van der Waals surface area contributed by atoms with Gasteiger partial charge in [0.1, 0.15) is 19.3 Å². The van der Waals surface area contributed by atoms with Crippen LogP contribution in [0.25, 0.3) is 6.08 Å². The highest BCUT2D eigenvalue weighted by Crippen LogP contribution is 2.34. The lowest BCUT2D eigenvalue weighted by Crippen LogP contribution is -2.40. The third-order valence-electron chi connectivity index (χ3n) is 5.58. The number of ether oxygens (including phenoxy) is 3. The predicted molar refractivity (Wildman–Crippen MR) is 129 cm³/mol. The summed E-state index contributed by atoms with van der Waals surface area (Å²) in [6.45, 7) is 4.68. The maximum absolute atomic E-state index is 13.6. The van der Waals surface area contributed by atoms with E-state index < -0.39 is 12.0 Å². The van der Waals surface area contributed by atoms with Crippen molar-refractivity contribution < 1.29 is 19.0 Å². The van der Waals surface area contributed by atoms with Crippen LogP contribution in [0, 0.1) is 0 Å². The van der Waals surface area contributed by atoms with Gasteiger partial charge in [-0.1, -0.05) is 47.2 Å². The van der Waals surface area contributed by atoms with Gasteiger partial charge in [0, 0.05) is 5.02 Å². The average Bonchev–Trinajstić information content (AvgIpc) is 3.13. The summed E-state index contributed by atoms with van der Waals surface area (Å²) >= 11 is 7.78. The molecule has 174 valence electrons. The van der Waals surface area contributed by atoms with E-state index in [2.05, 4.69) is 4.99 Å². The summed E-state index contributed by atoms with van der Waals surface area (Å²) in [4.78, 5) is 31.6. The molecule has 0 amide bonds. The molecule has 0 bridgehead atoms. The molecule has 0 saturated carbocycles. The monoisotopic (exact) mass is 496 g/mol. The van der Waals surface area contributed by atoms with Gasteiger partial charge in [0.15, 0.2) is 16.3 Å². The molecule has 2 aromatic carbocycles. The van der Waals surface area contributed by atoms with Crippen LogP contribution in [-0.4, -0.2) is 30.4 Å². The van der Waals surface area contributed by atoms with Crippen molar-refractivity contribution in [2.75, 3.05) is 19.8 Å². The summed E-state index contributed by atoms with van der Waals surface area (Å²) in [5, 5.41) is 0.449. The minimum atomic E-state index is -0.744. The number of hydrogen-bond donors (Lipinski definition) is 0. The third-order valence-corrected chi connectivity index (χ3v) is 6.91. The number of carbonyl (C=O) groups excluding carboxylic acids is 1. The summed E-state index contributed by atoms with van der Waals surface area (Å²) in [5.41, 5.74) is 1.96. The molecule has 1 atom stereocenters. The number of fused-ring (bicyclic) bond motifs is 2. The van der Waals surface area contributed by atoms with Crippen LogP contribution in [-0.2, 0) is 9.53 Å². The average molecular weight is 497 g/mol. The number of halogens is 1. The lowest BCUT2D eigenvalue weighted by Gasteiger charge is -2.25. The van der Waals surface area contributed by atoms with Gasteiger partial charge < -0.3 is 14.2 Å². The van der Waals surface area contributed by atoms with E-state index in [1.165, 1.54) is 15.9 Å². The zero-order valence-corrected chi connectivity index (χ0v) is 20.1. The van der Waals surface area contributed by atoms with Crippen LogP contribution in [0.15, 0.2) is 63.5 Å². The molecule has 3 heterocycles. The Bertz CT molecular complexity index is 1500. The van der Waals surface area contributed by atoms with Crippen molar-refractivity contribution in [3.8, 4) is 11.5 Å². The standard InChI is InChI=1S/C25H21ClN2O5S/c1-3-31-24(30)21-14(2)27-25-28(22(21)16-6-4-5-7-17(16)26)23(29)20(34-25)13-15-8-9-18-19(12-15)33-11-10-32-18/h4-9,12-13,22H,3,10-11H2,1-2H3/b20-13+. The first-order valence-electron chi connectivity index (χ1n) is 10.8. The zero-order chi connectivity index (χ0) is 23.8. The van der Waals surface area contributed by atoms with Crippen molar-refractivity contribution in [1.82, 2.24) is 4.57 Å². The molecular weight excluding hydrogens is 476 g/mol. The number of carbonyl (C=O) groups is 1. The van der Waals surface area contributed by atoms with E-state index in [0.717, 1.165) is 5.56 Å². The van der Waals surface area contributed by atoms with E-state index >= 15 is 0 Å². The van der Waals surface area contributed by atoms with Crippen LogP contribution in [0.2, 0.25) is 5.02 Å². The topological polar surface area (TPSA) is 79.1 Å². The summed E-state index contributed by atoms with van der Waals surface area (Å²) < 4.78 is 18.6. The van der Waals surface area contributed by atoms with E-state index in [1.54, 1.807) is 32.1 Å². The molecule has 0 fully saturated rings. The molecule has 0 N–H and O–H groups in total. The Hall–Kier alpha value is -3.36. The van der Waals surface area contributed by atoms with Gasteiger partial charge in [-0.3, -0.25) is 9.36 Å². The van der Waals surface area contributed by atoms with E-state index in [9.17, 15) is 9.59 Å². The highest BCUT2D eigenvalue weighted by molar-refractivity contribution is 7.07. The number of thiazole rings is 1. The second-order valence-electron chi connectivity index (χ2n) is 7.73. The minimum Gasteiger partial charge on any atom is -0.486 e. The van der Waals surface area contributed by atoms with Gasteiger partial charge in [0.2, 0.25) is 0 Å². The molecule has 5 rings (SSSR count). The Kier molecular flexibility index (Phi) is 6.02. The summed E-state index contributed by atoms with van der Waals surface area (Å²) in [6, 6.07) is 12.0. The Labute approximate surface area is 204 Å². The second-order valence-corrected chi connectivity index (χ2v) is 9.14. The second kappa shape index (κ2) is 9.12. The largest absolute Gasteiger partial charge is 0.486 e. The molecule has 1 aromatic heterocycles. The number of aromatic nitrogens is 1. The molecule has 0 saturated heterocycles. The Balaban J connectivity index is 1.70. The van der Waals surface area contributed by atoms with E-state index in [-0.39, 0.29) is 12.2 Å². The summed E-state index contributed by atoms with van der Waals surface area (Å²) in [6.07, 6.45) is 1.79. The Morgan fingerprint density at radius 3 is 2.76 bits per heavy atom. The summed E-state index contributed by atoms with van der Waals surface area (Å²) in [7, 11) is 0. The first kappa shape index (κ1) is 22.4. The van der Waals surface area contributed by atoms with E-state index in [4.69, 9.17) is 25.8 Å². The van der Waals surface area contributed by atoms with Gasteiger partial charge in [-0.15, -0.1) is 0 Å². The van der Waals surface area contributed by atoms with Gasteiger partial charge in [0.25, 0.3) is 5.56 Å². The summed E-state index contributed by atoms with van der Waals surface area (Å²) in [5.74, 6) is 0.801. The molecule has 0 radical (unpaired) electrons. The van der Waals surface area contributed by atoms with Gasteiger partial charge in [-0.25, -0.2) is 9.79 Å². The van der Waals surface area contributed by atoms with Gasteiger partial charge in [-0.05, 0) is 49.2 Å². The van der Waals surface area contributed by atoms with Crippen LogP contribution in [0.5, 0.6) is 11.5 Å². The number of nitrogens with zero attached hydrogens (tertiary/aromatic N) is 2. The molecular formula is C25H21ClN2O5S. The van der Waals surface area contributed by atoms with Crippen molar-refractivity contribution in [2.24, 2.45) is 4.99 Å². The Morgan fingerprint density at radius 2 is 2.00 bits per heavy atom. The van der Waals surface area contributed by atoms with Crippen LogP contribution >= 0.6 is 22.9 Å². The first-order chi connectivity index (χ1) is 16.5. The SMILES string of the molecule is CCOC(=O)C1=C(C)N=c2s/c(=C/c3ccc4c(c3)OCCO4)c(=O)n2C1c1ccccc1Cl. The maximum Gasteiger partial charge on any atom is 0.338 e. The van der Waals surface area contributed by atoms with Crippen LogP contribution in [0.1, 0.15) is 31.0 Å². The molecule has 7 nitrogen and oxygen atoms in total. The first-order valence-corrected chi connectivity index (χ1v) is 12.0. The van der Waals surface area contributed by atoms with Crippen LogP contribution in [0.3, 0.4) is 0 Å². The molecule has 2 aliphatic heterocycles. The molecule has 34 heavy (non-hydrogen) atoms. The molecule has 9 heteroatoms. The third kappa shape index (κ3) is 3.93. The molecule has 1 unspecified atom stereocenters. The Morgan fingerprint density at radius 1 is 1.24 bits per heavy atom. The number of rotatable bonds is 4.